The van der Waals surface area contributed by atoms with E-state index < -0.39 is 30.3 Å². The van der Waals surface area contributed by atoms with Gasteiger partial charge in [0.25, 0.3) is 11.5 Å². The van der Waals surface area contributed by atoms with Gasteiger partial charge in [0.05, 0.1) is 18.7 Å². The summed E-state index contributed by atoms with van der Waals surface area (Å²) in [7, 11) is 0. The highest BCUT2D eigenvalue weighted by atomic mass is 35.5. The topological polar surface area (TPSA) is 81.5 Å². The Balaban J connectivity index is 1.52. The van der Waals surface area contributed by atoms with E-state index in [-0.39, 0.29) is 27.7 Å². The van der Waals surface area contributed by atoms with Crippen LogP contribution >= 0.6 is 23.2 Å². The number of amides is 1. The average molecular weight is 530 g/mol. The number of aryl methyl sites for hydroxylation is 1. The Morgan fingerprint density at radius 3 is 2.54 bits per heavy atom. The van der Waals surface area contributed by atoms with Crippen LogP contribution in [0.2, 0.25) is 10.0 Å². The Kier molecular flexibility index (Phi) is 6.88. The molecule has 186 valence electrons. The van der Waals surface area contributed by atoms with Gasteiger partial charge in [-0.1, -0.05) is 34.4 Å². The number of halogens is 5. The van der Waals surface area contributed by atoms with Crippen LogP contribution in [0.1, 0.15) is 46.8 Å². The van der Waals surface area contributed by atoms with Gasteiger partial charge in [-0.25, -0.2) is 0 Å². The Labute approximate surface area is 208 Å². The van der Waals surface area contributed by atoms with Gasteiger partial charge in [0.15, 0.2) is 0 Å². The van der Waals surface area contributed by atoms with E-state index in [2.05, 4.69) is 15.6 Å². The number of ether oxygens (including phenoxy) is 1. The zero-order chi connectivity index (χ0) is 25.4. The maximum Gasteiger partial charge on any atom is 0.435 e. The van der Waals surface area contributed by atoms with E-state index in [1.54, 1.807) is 13.0 Å². The molecule has 0 aromatic heterocycles. The quantitative estimate of drug-likeness (QED) is 0.537. The van der Waals surface area contributed by atoms with Gasteiger partial charge >= 0.3 is 6.18 Å². The molecule has 7 nitrogen and oxygen atoms in total. The van der Waals surface area contributed by atoms with Gasteiger partial charge in [0.2, 0.25) is 12.1 Å². The van der Waals surface area contributed by atoms with Crippen molar-refractivity contribution in [1.82, 2.24) is 5.32 Å². The number of carbonyl (C=O) groups excluding carboxylic acids is 1. The highest BCUT2D eigenvalue weighted by molar-refractivity contribution is 6.34. The van der Waals surface area contributed by atoms with Crippen molar-refractivity contribution in [2.75, 3.05) is 6.61 Å². The third kappa shape index (κ3) is 5.04. The SMILES string of the molecule is CCOC1=NOC(NC(=O)c2ccc(C3=NO[C@@](c4cc(Cl)cc(Cl)c4)(C(F)(F)F)C3)cc2C)C1. The number of oxime groups is 2. The zero-order valence-corrected chi connectivity index (χ0v) is 20.1. The highest BCUT2D eigenvalue weighted by Gasteiger charge is 2.62. The molecule has 0 aliphatic carbocycles. The zero-order valence-electron chi connectivity index (χ0n) is 18.6. The Morgan fingerprint density at radius 1 is 1.20 bits per heavy atom. The molecule has 0 bridgehead atoms. The highest BCUT2D eigenvalue weighted by Crippen LogP contribution is 2.49. The minimum atomic E-state index is -4.80. The van der Waals surface area contributed by atoms with Crippen LogP contribution in [0, 0.1) is 6.92 Å². The fourth-order valence-corrected chi connectivity index (χ4v) is 4.38. The molecular weight excluding hydrogens is 510 g/mol. The molecule has 12 heteroatoms. The number of rotatable bonds is 5. The third-order valence-electron chi connectivity index (χ3n) is 5.56. The molecule has 1 amide bonds. The number of benzene rings is 2. The van der Waals surface area contributed by atoms with E-state index in [1.807, 2.05) is 6.92 Å². The van der Waals surface area contributed by atoms with Gasteiger partial charge < -0.3 is 19.7 Å². The van der Waals surface area contributed by atoms with Crippen LogP contribution < -0.4 is 5.32 Å². The predicted molar refractivity (Wildman–Crippen MR) is 124 cm³/mol. The van der Waals surface area contributed by atoms with E-state index in [9.17, 15) is 18.0 Å². The van der Waals surface area contributed by atoms with E-state index in [0.29, 0.717) is 29.2 Å². The summed E-state index contributed by atoms with van der Waals surface area (Å²) in [6.07, 6.45) is -5.78. The van der Waals surface area contributed by atoms with Crippen LogP contribution in [0.3, 0.4) is 0 Å². The van der Waals surface area contributed by atoms with Crippen LogP contribution in [0.4, 0.5) is 13.2 Å². The largest absolute Gasteiger partial charge is 0.479 e. The molecule has 4 rings (SSSR count). The Morgan fingerprint density at radius 2 is 1.91 bits per heavy atom. The van der Waals surface area contributed by atoms with Crippen molar-refractivity contribution < 1.29 is 32.4 Å². The third-order valence-corrected chi connectivity index (χ3v) is 6.00. The summed E-state index contributed by atoms with van der Waals surface area (Å²) in [5, 5.41) is 10.3. The molecule has 0 saturated heterocycles. The molecule has 2 aromatic rings. The van der Waals surface area contributed by atoms with Crippen LogP contribution in [-0.4, -0.2) is 36.5 Å². The van der Waals surface area contributed by atoms with Gasteiger partial charge in [0.1, 0.15) is 0 Å². The van der Waals surface area contributed by atoms with Crippen LogP contribution in [0.5, 0.6) is 0 Å². The first-order chi connectivity index (χ1) is 16.5. The maximum atomic E-state index is 14.2. The van der Waals surface area contributed by atoms with Crippen molar-refractivity contribution in [2.45, 2.75) is 44.7 Å². The number of nitrogens with one attached hydrogen (secondary N) is 1. The molecule has 2 aromatic carbocycles. The average Bonchev–Trinajstić information content (AvgIpc) is 3.41. The first-order valence-electron chi connectivity index (χ1n) is 10.6. The smallest absolute Gasteiger partial charge is 0.435 e. The monoisotopic (exact) mass is 529 g/mol. The summed E-state index contributed by atoms with van der Waals surface area (Å²) in [5.41, 5.74) is -1.68. The van der Waals surface area contributed by atoms with Gasteiger partial charge in [-0.15, -0.1) is 0 Å². The molecule has 2 atom stereocenters. The lowest BCUT2D eigenvalue weighted by Crippen LogP contribution is -2.42. The number of hydrogen-bond donors (Lipinski definition) is 1. The van der Waals surface area contributed by atoms with Crippen molar-refractivity contribution in [3.63, 3.8) is 0 Å². The minimum Gasteiger partial charge on any atom is -0.479 e. The second kappa shape index (κ2) is 9.58. The molecule has 2 heterocycles. The summed E-state index contributed by atoms with van der Waals surface area (Å²) in [6.45, 7) is 3.90. The first kappa shape index (κ1) is 25.1. The molecule has 1 unspecified atom stereocenters. The Bertz CT molecular complexity index is 1200. The Hall–Kier alpha value is -2.98. The number of carbonyl (C=O) groups is 1. The first-order valence-corrected chi connectivity index (χ1v) is 11.3. The molecular formula is C23H20Cl2F3N3O4. The van der Waals surface area contributed by atoms with Crippen molar-refractivity contribution in [3.05, 3.63) is 68.7 Å². The minimum absolute atomic E-state index is 0.0457. The fourth-order valence-electron chi connectivity index (χ4n) is 3.85. The molecule has 35 heavy (non-hydrogen) atoms. The molecule has 0 saturated carbocycles. The number of hydrogen-bond acceptors (Lipinski definition) is 6. The summed E-state index contributed by atoms with van der Waals surface area (Å²) < 4.78 is 47.9. The summed E-state index contributed by atoms with van der Waals surface area (Å²) in [5.74, 6) is -0.0342. The normalized spacial score (nSPS) is 21.6. The van der Waals surface area contributed by atoms with Crippen molar-refractivity contribution in [1.29, 1.82) is 0 Å². The number of alkyl halides is 3. The van der Waals surface area contributed by atoms with E-state index in [0.717, 1.165) is 12.1 Å². The van der Waals surface area contributed by atoms with Crippen molar-refractivity contribution in [3.8, 4) is 0 Å². The summed E-state index contributed by atoms with van der Waals surface area (Å²) >= 11 is 11.9. The van der Waals surface area contributed by atoms with Gasteiger partial charge in [-0.2, -0.15) is 13.2 Å². The second-order valence-corrected chi connectivity index (χ2v) is 8.88. The lowest BCUT2D eigenvalue weighted by molar-refractivity contribution is -0.275. The second-order valence-electron chi connectivity index (χ2n) is 8.01. The standard InChI is InChI=1S/C23H20Cl2F3N3O4/c1-3-33-20-10-19(34-31-20)29-21(32)17-5-4-13(6-12(17)2)18-11-22(35-30-18,23(26,27)28)14-7-15(24)9-16(25)8-14/h4-9,19H,3,10-11H2,1-2H3,(H,29,32)/t19?,22-/m0/s1. The maximum absolute atomic E-state index is 14.2. The van der Waals surface area contributed by atoms with Crippen LogP contribution in [-0.2, 0) is 20.0 Å². The van der Waals surface area contributed by atoms with Crippen LogP contribution in [0.15, 0.2) is 46.7 Å². The van der Waals surface area contributed by atoms with Gasteiger partial charge in [-0.05, 0) is 60.5 Å². The molecule has 1 N–H and O–H groups in total. The van der Waals surface area contributed by atoms with E-state index >= 15 is 0 Å². The molecule has 2 aliphatic rings. The number of nitrogens with zero attached hydrogens (tertiary/aromatic N) is 2. The lowest BCUT2D eigenvalue weighted by atomic mass is 9.86. The van der Waals surface area contributed by atoms with Crippen molar-refractivity contribution in [2.24, 2.45) is 10.3 Å². The molecule has 2 aliphatic heterocycles. The van der Waals surface area contributed by atoms with Crippen LogP contribution in [0.25, 0.3) is 0 Å². The van der Waals surface area contributed by atoms with Gasteiger partial charge in [0, 0.05) is 27.6 Å². The molecule has 0 radical (unpaired) electrons. The fraction of sp³-hybridized carbons (Fsp3) is 0.348. The molecule has 0 spiro atoms. The van der Waals surface area contributed by atoms with Gasteiger partial charge in [-0.3, -0.25) is 4.79 Å². The predicted octanol–water partition coefficient (Wildman–Crippen LogP) is 5.71. The van der Waals surface area contributed by atoms with Crippen molar-refractivity contribution >= 4 is 40.7 Å². The van der Waals surface area contributed by atoms with E-state index in [4.69, 9.17) is 37.6 Å². The summed E-state index contributed by atoms with van der Waals surface area (Å²) in [4.78, 5) is 22.9. The molecule has 0 fully saturated rings. The van der Waals surface area contributed by atoms with E-state index in [1.165, 1.54) is 18.2 Å². The summed E-state index contributed by atoms with van der Waals surface area (Å²) in [6, 6.07) is 8.24. The lowest BCUT2D eigenvalue weighted by Gasteiger charge is -2.29.